The Hall–Kier alpha value is -3.53. The van der Waals surface area contributed by atoms with Crippen LogP contribution in [-0.4, -0.2) is 40.9 Å². The molecule has 3 aromatic carbocycles. The second kappa shape index (κ2) is 8.30. The van der Waals surface area contributed by atoms with E-state index in [1.807, 2.05) is 6.07 Å². The number of aromatic nitrogens is 3. The van der Waals surface area contributed by atoms with Crippen molar-refractivity contribution in [1.82, 2.24) is 14.8 Å². The third-order valence-corrected chi connectivity index (χ3v) is 7.57. The summed E-state index contributed by atoms with van der Waals surface area (Å²) in [4.78, 5) is -0.160. The van der Waals surface area contributed by atoms with Crippen molar-refractivity contribution in [2.45, 2.75) is 23.7 Å². The number of ether oxygens (including phenoxy) is 1. The quantitative estimate of drug-likeness (QED) is 0.326. The minimum Gasteiger partial charge on any atom is -0.381 e. The molecule has 35 heavy (non-hydrogen) atoms. The predicted molar refractivity (Wildman–Crippen MR) is 131 cm³/mol. The van der Waals surface area contributed by atoms with Crippen molar-refractivity contribution in [3.8, 4) is 16.8 Å². The summed E-state index contributed by atoms with van der Waals surface area (Å²) >= 11 is 0. The van der Waals surface area contributed by atoms with Gasteiger partial charge in [-0.1, -0.05) is 12.1 Å². The molecule has 1 aliphatic heterocycles. The Bertz CT molecular complexity index is 1650. The fourth-order valence-electron chi connectivity index (χ4n) is 5.07. The van der Waals surface area contributed by atoms with Crippen LogP contribution in [0.25, 0.3) is 38.6 Å². The average Bonchev–Trinajstić information content (AvgIpc) is 3.45. The SMILES string of the molecule is O=S(=O)(O)c1ccc(-c2c(C3CCOCC3)n(-c3ccc(F)cc3)c3cc4cn[nH]c4cc23)cc1. The first kappa shape index (κ1) is 22.0. The number of H-pyrrole nitrogens is 1. The second-order valence-corrected chi connectivity index (χ2v) is 10.2. The number of nitrogens with zero attached hydrogens (tertiary/aromatic N) is 2. The van der Waals surface area contributed by atoms with Crippen LogP contribution in [0.3, 0.4) is 0 Å². The standard InChI is InChI=1S/C26H22FN3O4S/c27-19-3-5-20(6-4-19)30-24-13-18-15-28-29-23(18)14-22(24)25(26(30)17-9-11-34-12-10-17)16-1-7-21(8-2-16)35(31,32)33/h1-8,13-15,17H,9-12H2,(H,28,29)(H,31,32,33). The fraction of sp³-hybridized carbons (Fsp3) is 0.192. The van der Waals surface area contributed by atoms with Gasteiger partial charge in [0.15, 0.2) is 0 Å². The number of benzene rings is 3. The van der Waals surface area contributed by atoms with Gasteiger partial charge in [0, 0.05) is 46.8 Å². The Morgan fingerprint density at radius 2 is 1.74 bits per heavy atom. The molecule has 0 aliphatic carbocycles. The van der Waals surface area contributed by atoms with Crippen molar-refractivity contribution in [1.29, 1.82) is 0 Å². The minimum atomic E-state index is -4.31. The Morgan fingerprint density at radius 1 is 1.03 bits per heavy atom. The molecule has 7 nitrogen and oxygen atoms in total. The zero-order valence-corrected chi connectivity index (χ0v) is 19.4. The van der Waals surface area contributed by atoms with Gasteiger partial charge in [-0.2, -0.15) is 13.5 Å². The van der Waals surface area contributed by atoms with Crippen LogP contribution in [0.5, 0.6) is 0 Å². The first-order valence-corrected chi connectivity index (χ1v) is 12.8. The molecule has 0 amide bonds. The molecule has 2 aromatic heterocycles. The summed E-state index contributed by atoms with van der Waals surface area (Å²) in [6, 6.07) is 16.8. The van der Waals surface area contributed by atoms with Crippen LogP contribution in [0.15, 0.2) is 71.8 Å². The van der Waals surface area contributed by atoms with Gasteiger partial charge in [0.2, 0.25) is 0 Å². The van der Waals surface area contributed by atoms with Gasteiger partial charge >= 0.3 is 0 Å². The minimum absolute atomic E-state index is 0.160. The summed E-state index contributed by atoms with van der Waals surface area (Å²) in [5.41, 5.74) is 5.51. The monoisotopic (exact) mass is 491 g/mol. The van der Waals surface area contributed by atoms with Crippen molar-refractivity contribution in [3.63, 3.8) is 0 Å². The van der Waals surface area contributed by atoms with Gasteiger partial charge in [0.05, 0.1) is 22.1 Å². The molecule has 0 saturated carbocycles. The molecule has 1 fully saturated rings. The van der Waals surface area contributed by atoms with E-state index in [4.69, 9.17) is 4.74 Å². The molecule has 6 rings (SSSR count). The molecule has 5 aromatic rings. The lowest BCUT2D eigenvalue weighted by atomic mass is 9.90. The summed E-state index contributed by atoms with van der Waals surface area (Å²) in [6.07, 6.45) is 3.42. The molecule has 2 N–H and O–H groups in total. The molecular formula is C26H22FN3O4S. The highest BCUT2D eigenvalue weighted by molar-refractivity contribution is 7.85. The third kappa shape index (κ3) is 3.81. The largest absolute Gasteiger partial charge is 0.381 e. The number of nitrogens with one attached hydrogen (secondary N) is 1. The topological polar surface area (TPSA) is 97.2 Å². The Morgan fingerprint density at radius 3 is 2.43 bits per heavy atom. The first-order chi connectivity index (χ1) is 16.9. The molecule has 0 unspecified atom stereocenters. The van der Waals surface area contributed by atoms with Crippen molar-refractivity contribution < 1.29 is 22.1 Å². The molecule has 0 bridgehead atoms. The Balaban J connectivity index is 1.71. The summed E-state index contributed by atoms with van der Waals surface area (Å²) < 4.78 is 54.4. The number of fused-ring (bicyclic) bond motifs is 2. The maximum atomic E-state index is 13.8. The van der Waals surface area contributed by atoms with Crippen LogP contribution in [0.4, 0.5) is 4.39 Å². The van der Waals surface area contributed by atoms with E-state index in [-0.39, 0.29) is 16.6 Å². The van der Waals surface area contributed by atoms with Gasteiger partial charge in [0.25, 0.3) is 10.1 Å². The van der Waals surface area contributed by atoms with Crippen LogP contribution < -0.4 is 0 Å². The molecule has 0 radical (unpaired) electrons. The van der Waals surface area contributed by atoms with Gasteiger partial charge in [-0.3, -0.25) is 9.65 Å². The smallest absolute Gasteiger partial charge is 0.294 e. The van der Waals surface area contributed by atoms with E-state index in [0.29, 0.717) is 13.2 Å². The first-order valence-electron chi connectivity index (χ1n) is 11.3. The molecule has 178 valence electrons. The average molecular weight is 492 g/mol. The lowest BCUT2D eigenvalue weighted by molar-refractivity contribution is 0.0843. The van der Waals surface area contributed by atoms with Crippen molar-refractivity contribution >= 4 is 31.9 Å². The lowest BCUT2D eigenvalue weighted by Gasteiger charge is -2.26. The maximum absolute atomic E-state index is 13.8. The maximum Gasteiger partial charge on any atom is 0.294 e. The number of aromatic amines is 1. The van der Waals surface area contributed by atoms with Crippen LogP contribution in [0.2, 0.25) is 0 Å². The number of hydrogen-bond donors (Lipinski definition) is 2. The number of hydrogen-bond acceptors (Lipinski definition) is 4. The van der Waals surface area contributed by atoms with E-state index < -0.39 is 10.1 Å². The zero-order chi connectivity index (χ0) is 24.2. The summed E-state index contributed by atoms with van der Waals surface area (Å²) in [7, 11) is -4.31. The highest BCUT2D eigenvalue weighted by atomic mass is 32.2. The van der Waals surface area contributed by atoms with E-state index in [2.05, 4.69) is 20.8 Å². The zero-order valence-electron chi connectivity index (χ0n) is 18.6. The molecule has 3 heterocycles. The Kier molecular flexibility index (Phi) is 5.21. The molecule has 1 aliphatic rings. The molecule has 9 heteroatoms. The summed E-state index contributed by atoms with van der Waals surface area (Å²) in [5, 5.41) is 9.12. The van der Waals surface area contributed by atoms with E-state index >= 15 is 0 Å². The summed E-state index contributed by atoms with van der Waals surface area (Å²) in [5.74, 6) is -0.134. The Labute approximate surface area is 200 Å². The van der Waals surface area contributed by atoms with Gasteiger partial charge in [0.1, 0.15) is 5.82 Å². The second-order valence-electron chi connectivity index (χ2n) is 8.78. The van der Waals surface area contributed by atoms with Crippen LogP contribution in [-0.2, 0) is 14.9 Å². The normalized spacial score (nSPS) is 15.3. The van der Waals surface area contributed by atoms with Crippen LogP contribution in [0.1, 0.15) is 24.5 Å². The number of rotatable bonds is 4. The van der Waals surface area contributed by atoms with Crippen molar-refractivity contribution in [2.75, 3.05) is 13.2 Å². The van der Waals surface area contributed by atoms with Crippen molar-refractivity contribution in [3.05, 3.63) is 78.4 Å². The lowest BCUT2D eigenvalue weighted by Crippen LogP contribution is -2.17. The molecule has 0 atom stereocenters. The van der Waals surface area contributed by atoms with E-state index in [0.717, 1.165) is 57.2 Å². The highest BCUT2D eigenvalue weighted by Gasteiger charge is 2.28. The summed E-state index contributed by atoms with van der Waals surface area (Å²) in [6.45, 7) is 1.28. The van der Waals surface area contributed by atoms with Gasteiger partial charge in [-0.25, -0.2) is 4.39 Å². The predicted octanol–water partition coefficient (Wildman–Crippen LogP) is 5.45. The van der Waals surface area contributed by atoms with Crippen LogP contribution >= 0.6 is 0 Å². The highest BCUT2D eigenvalue weighted by Crippen LogP contribution is 2.44. The third-order valence-electron chi connectivity index (χ3n) is 6.70. The van der Waals surface area contributed by atoms with Gasteiger partial charge in [-0.15, -0.1) is 0 Å². The fourth-order valence-corrected chi connectivity index (χ4v) is 5.55. The molecule has 1 saturated heterocycles. The number of halogens is 1. The van der Waals surface area contributed by atoms with E-state index in [1.54, 1.807) is 30.5 Å². The van der Waals surface area contributed by atoms with Crippen molar-refractivity contribution in [2.24, 2.45) is 0 Å². The van der Waals surface area contributed by atoms with Gasteiger partial charge < -0.3 is 9.30 Å². The molecule has 0 spiro atoms. The van der Waals surface area contributed by atoms with E-state index in [9.17, 15) is 17.4 Å². The van der Waals surface area contributed by atoms with Crippen LogP contribution in [0, 0.1) is 5.82 Å². The molecular weight excluding hydrogens is 469 g/mol. The van der Waals surface area contributed by atoms with E-state index in [1.165, 1.54) is 24.3 Å². The van der Waals surface area contributed by atoms with Gasteiger partial charge in [-0.05, 0) is 66.9 Å².